The van der Waals surface area contributed by atoms with E-state index in [9.17, 15) is 9.59 Å². The first kappa shape index (κ1) is 24.9. The Hall–Kier alpha value is -3.69. The summed E-state index contributed by atoms with van der Waals surface area (Å²) in [5.41, 5.74) is 0.971. The fraction of sp³-hybridized carbons (Fsp3) is 0.458. The fourth-order valence-corrected chi connectivity index (χ4v) is 3.56. The van der Waals surface area contributed by atoms with Gasteiger partial charge in [0.05, 0.1) is 12.8 Å². The zero-order valence-electron chi connectivity index (χ0n) is 20.7. The zero-order valence-corrected chi connectivity index (χ0v) is 20.7. The monoisotopic (exact) mass is 468 g/mol. The lowest BCUT2D eigenvalue weighted by atomic mass is 10.0. The van der Waals surface area contributed by atoms with Crippen molar-refractivity contribution < 1.29 is 18.7 Å². The quantitative estimate of drug-likeness (QED) is 0.539. The molecule has 2 heterocycles. The van der Waals surface area contributed by atoms with Gasteiger partial charge in [-0.05, 0) is 76.1 Å². The van der Waals surface area contributed by atoms with Gasteiger partial charge in [0.25, 0.3) is 5.91 Å². The lowest BCUT2D eigenvalue weighted by Crippen LogP contribution is -2.54. The van der Waals surface area contributed by atoms with Crippen LogP contribution in [0.25, 0.3) is 11.6 Å². The van der Waals surface area contributed by atoms with E-state index < -0.39 is 11.6 Å². The molecular formula is C24H32N6O4. The van der Waals surface area contributed by atoms with E-state index >= 15 is 0 Å². The third-order valence-electron chi connectivity index (χ3n) is 5.05. The standard InChI is InChI=1S/C24H32N6O4/c1-8-17(23(32)25-24(4,5)6)30(18-13-15(2)9-11-19(18)33-7)21(31)14-29-27-22(26-28-29)20-12-10-16(3)34-20/h9-13,17H,8,14H2,1-7H3,(H,25,32). The van der Waals surface area contributed by atoms with E-state index in [1.54, 1.807) is 18.2 Å². The number of furan rings is 1. The summed E-state index contributed by atoms with van der Waals surface area (Å²) in [6.07, 6.45) is 0.395. The molecule has 0 aliphatic heterocycles. The van der Waals surface area contributed by atoms with E-state index in [4.69, 9.17) is 9.15 Å². The molecular weight excluding hydrogens is 436 g/mol. The number of hydrogen-bond acceptors (Lipinski definition) is 7. The molecule has 2 amide bonds. The highest BCUT2D eigenvalue weighted by Gasteiger charge is 2.34. The number of rotatable bonds is 8. The van der Waals surface area contributed by atoms with Crippen LogP contribution in [-0.2, 0) is 16.1 Å². The van der Waals surface area contributed by atoms with Gasteiger partial charge < -0.3 is 14.5 Å². The number of benzene rings is 1. The van der Waals surface area contributed by atoms with Crippen LogP contribution in [0, 0.1) is 13.8 Å². The van der Waals surface area contributed by atoms with Gasteiger partial charge in [-0.15, -0.1) is 10.2 Å². The van der Waals surface area contributed by atoms with Crippen LogP contribution in [0.1, 0.15) is 45.4 Å². The number of ether oxygens (including phenoxy) is 1. The highest BCUT2D eigenvalue weighted by molar-refractivity contribution is 6.02. The van der Waals surface area contributed by atoms with Crippen molar-refractivity contribution >= 4 is 17.5 Å². The number of carbonyl (C=O) groups is 2. The van der Waals surface area contributed by atoms with E-state index in [1.165, 1.54) is 16.8 Å². The zero-order chi connectivity index (χ0) is 25.0. The first-order valence-corrected chi connectivity index (χ1v) is 11.2. The SMILES string of the molecule is CCC(C(=O)NC(C)(C)C)N(C(=O)Cn1nnc(-c2ccc(C)o2)n1)c1cc(C)ccc1OC. The summed E-state index contributed by atoms with van der Waals surface area (Å²) < 4.78 is 11.1. The maximum absolute atomic E-state index is 13.7. The van der Waals surface area contributed by atoms with Gasteiger partial charge in [-0.1, -0.05) is 13.0 Å². The molecule has 1 N–H and O–H groups in total. The number of anilines is 1. The molecule has 10 nitrogen and oxygen atoms in total. The van der Waals surface area contributed by atoms with Gasteiger partial charge in [0.1, 0.15) is 24.1 Å². The first-order chi connectivity index (χ1) is 16.0. The Balaban J connectivity index is 1.98. The Labute approximate surface area is 199 Å². The van der Waals surface area contributed by atoms with Crippen LogP contribution in [0.4, 0.5) is 5.69 Å². The van der Waals surface area contributed by atoms with Crippen molar-refractivity contribution in [3.05, 3.63) is 41.7 Å². The van der Waals surface area contributed by atoms with Crippen LogP contribution in [0.3, 0.4) is 0 Å². The van der Waals surface area contributed by atoms with Crippen LogP contribution in [0.15, 0.2) is 34.7 Å². The maximum Gasteiger partial charge on any atom is 0.251 e. The summed E-state index contributed by atoms with van der Waals surface area (Å²) in [5.74, 6) is 1.31. The number of carbonyl (C=O) groups excluding carboxylic acids is 2. The van der Waals surface area contributed by atoms with E-state index in [0.717, 1.165) is 11.3 Å². The Morgan fingerprint density at radius 3 is 2.53 bits per heavy atom. The number of aromatic nitrogens is 4. The first-order valence-electron chi connectivity index (χ1n) is 11.2. The number of nitrogens with zero attached hydrogens (tertiary/aromatic N) is 5. The second-order valence-electron chi connectivity index (χ2n) is 9.16. The Kier molecular flexibility index (Phi) is 7.38. The van der Waals surface area contributed by atoms with Crippen molar-refractivity contribution in [2.75, 3.05) is 12.0 Å². The summed E-state index contributed by atoms with van der Waals surface area (Å²) in [6, 6.07) is 8.27. The molecule has 0 bridgehead atoms. The van der Waals surface area contributed by atoms with Gasteiger partial charge in [-0.2, -0.15) is 4.80 Å². The minimum absolute atomic E-state index is 0.219. The van der Waals surface area contributed by atoms with Gasteiger partial charge in [-0.25, -0.2) is 0 Å². The molecule has 0 spiro atoms. The molecule has 1 atom stereocenters. The van der Waals surface area contributed by atoms with Crippen LogP contribution in [0.2, 0.25) is 0 Å². The molecule has 0 radical (unpaired) electrons. The van der Waals surface area contributed by atoms with Crippen molar-refractivity contribution in [2.24, 2.45) is 0 Å². The molecule has 0 aliphatic carbocycles. The molecule has 2 aromatic heterocycles. The van der Waals surface area contributed by atoms with Crippen molar-refractivity contribution in [2.45, 2.75) is 66.1 Å². The molecule has 0 fully saturated rings. The molecule has 182 valence electrons. The van der Waals surface area contributed by atoms with Gasteiger partial charge >= 0.3 is 0 Å². The number of tetrazole rings is 1. The average Bonchev–Trinajstić information content (AvgIpc) is 3.39. The summed E-state index contributed by atoms with van der Waals surface area (Å²) in [5, 5.41) is 15.3. The maximum atomic E-state index is 13.7. The van der Waals surface area contributed by atoms with Crippen LogP contribution in [-0.4, -0.2) is 50.7 Å². The lowest BCUT2D eigenvalue weighted by Gasteiger charge is -2.33. The van der Waals surface area contributed by atoms with Crippen LogP contribution in [0.5, 0.6) is 5.75 Å². The Morgan fingerprint density at radius 2 is 1.94 bits per heavy atom. The van der Waals surface area contributed by atoms with Gasteiger partial charge in [0.2, 0.25) is 11.7 Å². The highest BCUT2D eigenvalue weighted by atomic mass is 16.5. The number of aryl methyl sites for hydroxylation is 2. The van der Waals surface area contributed by atoms with Crippen molar-refractivity contribution in [1.29, 1.82) is 0 Å². The molecule has 3 aromatic rings. The lowest BCUT2D eigenvalue weighted by molar-refractivity contribution is -0.128. The summed E-state index contributed by atoms with van der Waals surface area (Å²) >= 11 is 0. The number of amides is 2. The fourth-order valence-electron chi connectivity index (χ4n) is 3.56. The predicted octanol–water partition coefficient (Wildman–Crippen LogP) is 3.29. The van der Waals surface area contributed by atoms with Crippen LogP contribution < -0.4 is 15.0 Å². The normalized spacial score (nSPS) is 12.3. The second kappa shape index (κ2) is 10.1. The van der Waals surface area contributed by atoms with Gasteiger partial charge in [-0.3, -0.25) is 14.5 Å². The summed E-state index contributed by atoms with van der Waals surface area (Å²) in [7, 11) is 1.53. The number of hydrogen-bond donors (Lipinski definition) is 1. The predicted molar refractivity (Wildman–Crippen MR) is 127 cm³/mol. The van der Waals surface area contributed by atoms with Gasteiger partial charge in [0, 0.05) is 5.54 Å². The second-order valence-corrected chi connectivity index (χ2v) is 9.16. The average molecular weight is 469 g/mol. The van der Waals surface area contributed by atoms with Crippen molar-refractivity contribution in [1.82, 2.24) is 25.5 Å². The summed E-state index contributed by atoms with van der Waals surface area (Å²) in [6.45, 7) is 11.1. The molecule has 1 aromatic carbocycles. The molecule has 0 aliphatic rings. The molecule has 1 unspecified atom stereocenters. The smallest absolute Gasteiger partial charge is 0.251 e. The van der Waals surface area contributed by atoms with E-state index in [2.05, 4.69) is 20.7 Å². The van der Waals surface area contributed by atoms with E-state index in [1.807, 2.05) is 53.7 Å². The molecule has 10 heteroatoms. The number of methoxy groups -OCH3 is 1. The Morgan fingerprint density at radius 1 is 1.21 bits per heavy atom. The van der Waals surface area contributed by atoms with Crippen molar-refractivity contribution in [3.63, 3.8) is 0 Å². The highest BCUT2D eigenvalue weighted by Crippen LogP contribution is 2.32. The third kappa shape index (κ3) is 5.81. The topological polar surface area (TPSA) is 115 Å². The third-order valence-corrected chi connectivity index (χ3v) is 5.05. The molecule has 3 rings (SSSR count). The number of nitrogens with one attached hydrogen (secondary N) is 1. The van der Waals surface area contributed by atoms with E-state index in [-0.39, 0.29) is 24.2 Å². The van der Waals surface area contributed by atoms with Crippen LogP contribution >= 0.6 is 0 Å². The van der Waals surface area contributed by atoms with E-state index in [0.29, 0.717) is 23.6 Å². The summed E-state index contributed by atoms with van der Waals surface area (Å²) in [4.78, 5) is 29.5. The molecule has 34 heavy (non-hydrogen) atoms. The molecule has 0 saturated heterocycles. The van der Waals surface area contributed by atoms with Crippen molar-refractivity contribution in [3.8, 4) is 17.3 Å². The minimum atomic E-state index is -0.766. The molecule has 0 saturated carbocycles. The van der Waals surface area contributed by atoms with Gasteiger partial charge in [0.15, 0.2) is 5.76 Å². The minimum Gasteiger partial charge on any atom is -0.495 e. The Bertz CT molecular complexity index is 1160. The largest absolute Gasteiger partial charge is 0.495 e.